The molecule has 33 heavy (non-hydrogen) atoms. The van der Waals surface area contributed by atoms with Gasteiger partial charge in [0.15, 0.2) is 5.69 Å². The van der Waals surface area contributed by atoms with Crippen molar-refractivity contribution in [3.63, 3.8) is 0 Å². The van der Waals surface area contributed by atoms with E-state index in [4.69, 9.17) is 4.52 Å². The van der Waals surface area contributed by atoms with E-state index in [-0.39, 0.29) is 11.8 Å². The summed E-state index contributed by atoms with van der Waals surface area (Å²) in [6, 6.07) is 3.93. The van der Waals surface area contributed by atoms with Gasteiger partial charge in [0, 0.05) is 54.5 Å². The second-order valence-corrected chi connectivity index (χ2v) is 9.49. The number of hydrogen-bond donors (Lipinski definition) is 1. The molecule has 3 aromatic rings. The van der Waals surface area contributed by atoms with Gasteiger partial charge in [-0.15, -0.1) is 11.3 Å². The third-order valence-electron chi connectivity index (χ3n) is 6.42. The quantitative estimate of drug-likeness (QED) is 0.582. The molecule has 0 saturated heterocycles. The van der Waals surface area contributed by atoms with E-state index >= 15 is 0 Å². The molecule has 4 heterocycles. The first-order chi connectivity index (χ1) is 16.1. The van der Waals surface area contributed by atoms with Crippen molar-refractivity contribution in [1.29, 1.82) is 0 Å². The Morgan fingerprint density at radius 1 is 1.24 bits per heavy atom. The number of hydrogen-bond acceptors (Lipinski definition) is 6. The first-order valence-electron chi connectivity index (χ1n) is 11.3. The van der Waals surface area contributed by atoms with Crippen LogP contribution in [0.2, 0.25) is 0 Å². The van der Waals surface area contributed by atoms with Crippen molar-refractivity contribution in [2.45, 2.75) is 52.1 Å². The van der Waals surface area contributed by atoms with Crippen LogP contribution in [0.1, 0.15) is 61.9 Å². The molecule has 0 spiro atoms. The number of pyridine rings is 1. The Kier molecular flexibility index (Phi) is 6.09. The number of carbonyl (C=O) groups is 2. The number of nitrogens with zero attached hydrogens (tertiary/aromatic N) is 3. The topological polar surface area (TPSA) is 88.3 Å². The number of rotatable bonds is 5. The molecule has 0 bridgehead atoms. The Hall–Kier alpha value is -3.26. The molecule has 2 aliphatic rings. The van der Waals surface area contributed by atoms with Gasteiger partial charge in [0.1, 0.15) is 5.76 Å². The number of nitrogens with one attached hydrogen (secondary N) is 1. The second-order valence-electron chi connectivity index (χ2n) is 8.51. The fraction of sp³-hybridized carbons (Fsp3) is 0.360. The van der Waals surface area contributed by atoms with Gasteiger partial charge in [0.05, 0.1) is 0 Å². The summed E-state index contributed by atoms with van der Waals surface area (Å²) in [5.74, 6) is 0.663. The maximum Gasteiger partial charge on any atom is 0.276 e. The monoisotopic (exact) mass is 462 g/mol. The van der Waals surface area contributed by atoms with Crippen molar-refractivity contribution in [3.8, 4) is 0 Å². The van der Waals surface area contributed by atoms with E-state index in [0.29, 0.717) is 25.3 Å². The number of thiophene rings is 1. The molecule has 7 nitrogen and oxygen atoms in total. The van der Waals surface area contributed by atoms with Crippen LogP contribution in [-0.2, 0) is 37.1 Å². The van der Waals surface area contributed by atoms with E-state index in [1.165, 1.54) is 5.56 Å². The highest BCUT2D eigenvalue weighted by atomic mass is 32.1. The van der Waals surface area contributed by atoms with Crippen molar-refractivity contribution in [2.75, 3.05) is 6.54 Å². The molecule has 0 saturated carbocycles. The molecule has 3 aromatic heterocycles. The van der Waals surface area contributed by atoms with Gasteiger partial charge in [-0.25, -0.2) is 0 Å². The number of amides is 2. The van der Waals surface area contributed by atoms with Crippen LogP contribution in [0.15, 0.2) is 34.3 Å². The Balaban J connectivity index is 1.28. The van der Waals surface area contributed by atoms with Crippen LogP contribution in [0, 0.1) is 6.92 Å². The zero-order valence-electron chi connectivity index (χ0n) is 18.6. The molecule has 0 aromatic carbocycles. The van der Waals surface area contributed by atoms with Gasteiger partial charge in [0.25, 0.3) is 5.91 Å². The average Bonchev–Trinajstić information content (AvgIpc) is 3.51. The number of fused-ring (bicyclic) bond motifs is 2. The summed E-state index contributed by atoms with van der Waals surface area (Å²) in [6.07, 6.45) is 9.82. The van der Waals surface area contributed by atoms with Crippen LogP contribution in [0.5, 0.6) is 0 Å². The summed E-state index contributed by atoms with van der Waals surface area (Å²) >= 11 is 1.59. The first kappa shape index (κ1) is 21.6. The van der Waals surface area contributed by atoms with Crippen molar-refractivity contribution >= 4 is 29.2 Å². The maximum absolute atomic E-state index is 13.2. The van der Waals surface area contributed by atoms with Gasteiger partial charge < -0.3 is 14.7 Å². The molecule has 170 valence electrons. The lowest BCUT2D eigenvalue weighted by atomic mass is 9.93. The standard InChI is InChI=1S/C25H26N4O3S/c1-16-21(14-27-23(30)9-8-18-5-4-12-33-18)19-10-11-29(15-17(19)13-26-16)25(31)24-20-6-2-3-7-22(20)32-28-24/h4-5,8-9,12-13H,2-3,6-7,10-11,14-15H2,1H3,(H,27,30)/b9-8+. The molecule has 0 radical (unpaired) electrons. The zero-order valence-corrected chi connectivity index (χ0v) is 19.4. The minimum absolute atomic E-state index is 0.0679. The second kappa shape index (κ2) is 9.31. The van der Waals surface area contributed by atoms with Gasteiger partial charge in [-0.3, -0.25) is 14.6 Å². The minimum atomic E-state index is -0.135. The first-order valence-corrected chi connectivity index (χ1v) is 12.2. The molecule has 0 unspecified atom stereocenters. The van der Waals surface area contributed by atoms with E-state index in [1.54, 1.807) is 17.4 Å². The van der Waals surface area contributed by atoms with Crippen LogP contribution in [-0.4, -0.2) is 33.4 Å². The molecule has 2 amide bonds. The van der Waals surface area contributed by atoms with Crippen LogP contribution in [0.4, 0.5) is 0 Å². The van der Waals surface area contributed by atoms with E-state index in [0.717, 1.165) is 65.1 Å². The molecule has 1 aliphatic carbocycles. The lowest BCUT2D eigenvalue weighted by Crippen LogP contribution is -2.37. The van der Waals surface area contributed by atoms with Gasteiger partial charge in [-0.05, 0) is 66.8 Å². The van der Waals surface area contributed by atoms with Crippen molar-refractivity contribution in [1.82, 2.24) is 20.4 Å². The van der Waals surface area contributed by atoms with E-state index < -0.39 is 0 Å². The Morgan fingerprint density at radius 2 is 2.12 bits per heavy atom. The molecule has 0 atom stereocenters. The fourth-order valence-corrected chi connectivity index (χ4v) is 5.23. The van der Waals surface area contributed by atoms with Gasteiger partial charge >= 0.3 is 0 Å². The minimum Gasteiger partial charge on any atom is -0.360 e. The normalized spacial score (nSPS) is 15.4. The number of aryl methyl sites for hydroxylation is 2. The number of aromatic nitrogens is 2. The zero-order chi connectivity index (χ0) is 22.8. The highest BCUT2D eigenvalue weighted by molar-refractivity contribution is 7.10. The fourth-order valence-electron chi connectivity index (χ4n) is 4.61. The summed E-state index contributed by atoms with van der Waals surface area (Å²) in [7, 11) is 0. The van der Waals surface area contributed by atoms with Crippen LogP contribution >= 0.6 is 11.3 Å². The molecular formula is C25H26N4O3S. The van der Waals surface area contributed by atoms with Gasteiger partial charge in [0.2, 0.25) is 5.91 Å². The maximum atomic E-state index is 13.2. The smallest absolute Gasteiger partial charge is 0.276 e. The van der Waals surface area contributed by atoms with Gasteiger partial charge in [-0.2, -0.15) is 0 Å². The predicted octanol–water partition coefficient (Wildman–Crippen LogP) is 3.85. The molecule has 8 heteroatoms. The Bertz CT molecular complexity index is 1210. The third-order valence-corrected chi connectivity index (χ3v) is 7.25. The summed E-state index contributed by atoms with van der Waals surface area (Å²) in [4.78, 5) is 32.9. The summed E-state index contributed by atoms with van der Waals surface area (Å²) < 4.78 is 5.45. The Labute approximate surface area is 196 Å². The summed E-state index contributed by atoms with van der Waals surface area (Å²) in [5.41, 5.74) is 5.60. The Morgan fingerprint density at radius 3 is 2.97 bits per heavy atom. The highest BCUT2D eigenvalue weighted by Gasteiger charge is 2.30. The van der Waals surface area contributed by atoms with Crippen molar-refractivity contribution in [2.24, 2.45) is 0 Å². The summed E-state index contributed by atoms with van der Waals surface area (Å²) in [6.45, 7) is 3.47. The number of carbonyl (C=O) groups excluding carboxylic acids is 2. The molecule has 5 rings (SSSR count). The van der Waals surface area contributed by atoms with Gasteiger partial charge in [-0.1, -0.05) is 11.2 Å². The van der Waals surface area contributed by atoms with Crippen molar-refractivity contribution < 1.29 is 14.1 Å². The molecule has 1 N–H and O–H groups in total. The van der Waals surface area contributed by atoms with Crippen LogP contribution < -0.4 is 5.32 Å². The molecular weight excluding hydrogens is 436 g/mol. The SMILES string of the molecule is Cc1ncc2c(c1CNC(=O)/C=C/c1cccs1)CCN(C(=O)c1noc3c1CCCC3)C2. The predicted molar refractivity (Wildman–Crippen MR) is 126 cm³/mol. The lowest BCUT2D eigenvalue weighted by Gasteiger charge is -2.30. The third kappa shape index (κ3) is 4.48. The van der Waals surface area contributed by atoms with Crippen LogP contribution in [0.25, 0.3) is 6.08 Å². The van der Waals surface area contributed by atoms with Crippen molar-refractivity contribution in [3.05, 3.63) is 74.1 Å². The lowest BCUT2D eigenvalue weighted by molar-refractivity contribution is -0.116. The largest absolute Gasteiger partial charge is 0.360 e. The van der Waals surface area contributed by atoms with E-state index in [1.807, 2.05) is 41.6 Å². The highest BCUT2D eigenvalue weighted by Crippen LogP contribution is 2.28. The summed E-state index contributed by atoms with van der Waals surface area (Å²) in [5, 5.41) is 9.07. The average molecular weight is 463 g/mol. The van der Waals surface area contributed by atoms with Crippen LogP contribution in [0.3, 0.4) is 0 Å². The van der Waals surface area contributed by atoms with E-state index in [9.17, 15) is 9.59 Å². The van der Waals surface area contributed by atoms with E-state index in [2.05, 4.69) is 15.5 Å². The molecule has 1 aliphatic heterocycles. The molecule has 0 fully saturated rings.